The van der Waals surface area contributed by atoms with E-state index in [0.29, 0.717) is 32.0 Å². The maximum atomic E-state index is 13.1. The Balaban J connectivity index is 1.33. The van der Waals surface area contributed by atoms with E-state index in [1.807, 2.05) is 47.0 Å². The molecule has 2 N–H and O–H groups in total. The molecule has 1 aromatic heterocycles. The van der Waals surface area contributed by atoms with E-state index >= 15 is 0 Å². The molecule has 3 aromatic rings. The SMILES string of the molecule is CCCn1c(=O)c(N2CCC(NC(=O)NCCc3ccccc3)CC2)nc2ccccc21. The first-order valence-corrected chi connectivity index (χ1v) is 11.5. The zero-order chi connectivity index (χ0) is 22.3. The molecular formula is C25H31N5O2. The second kappa shape index (κ2) is 10.3. The van der Waals surface area contributed by atoms with Crippen LogP contribution in [0.4, 0.5) is 10.6 Å². The maximum absolute atomic E-state index is 13.1. The second-order valence-corrected chi connectivity index (χ2v) is 8.28. The molecule has 1 fully saturated rings. The quantitative estimate of drug-likeness (QED) is 0.599. The number of carbonyl (C=O) groups is 1. The lowest BCUT2D eigenvalue weighted by molar-refractivity contribution is 0.234. The van der Waals surface area contributed by atoms with Crippen molar-refractivity contribution in [2.45, 2.75) is 45.2 Å². The largest absolute Gasteiger partial charge is 0.352 e. The lowest BCUT2D eigenvalue weighted by Crippen LogP contribution is -2.49. The fraction of sp³-hybridized carbons (Fsp3) is 0.400. The van der Waals surface area contributed by atoms with Crippen LogP contribution in [0.2, 0.25) is 0 Å². The molecular weight excluding hydrogens is 402 g/mol. The first-order valence-electron chi connectivity index (χ1n) is 11.5. The minimum atomic E-state index is -0.131. The monoisotopic (exact) mass is 433 g/mol. The summed E-state index contributed by atoms with van der Waals surface area (Å²) in [5.74, 6) is 0.517. The second-order valence-electron chi connectivity index (χ2n) is 8.28. The molecule has 2 aromatic carbocycles. The predicted molar refractivity (Wildman–Crippen MR) is 128 cm³/mol. The number of rotatable bonds is 7. The van der Waals surface area contributed by atoms with Gasteiger partial charge < -0.3 is 20.1 Å². The maximum Gasteiger partial charge on any atom is 0.315 e. The van der Waals surface area contributed by atoms with Crippen LogP contribution in [-0.2, 0) is 13.0 Å². The number of carbonyl (C=O) groups excluding carboxylic acids is 1. The number of nitrogens with zero attached hydrogens (tertiary/aromatic N) is 3. The Morgan fingerprint density at radius 3 is 2.53 bits per heavy atom. The molecule has 168 valence electrons. The van der Waals surface area contributed by atoms with E-state index in [4.69, 9.17) is 0 Å². The number of nitrogens with one attached hydrogen (secondary N) is 2. The van der Waals surface area contributed by atoms with E-state index in [2.05, 4.69) is 39.6 Å². The lowest BCUT2D eigenvalue weighted by Gasteiger charge is -2.33. The van der Waals surface area contributed by atoms with Crippen molar-refractivity contribution >= 4 is 22.9 Å². The van der Waals surface area contributed by atoms with Crippen LogP contribution in [0.25, 0.3) is 11.0 Å². The van der Waals surface area contributed by atoms with E-state index in [1.54, 1.807) is 0 Å². The number of para-hydroxylation sites is 2. The highest BCUT2D eigenvalue weighted by Gasteiger charge is 2.24. The molecule has 0 bridgehead atoms. The van der Waals surface area contributed by atoms with Gasteiger partial charge in [0.15, 0.2) is 5.82 Å². The number of amides is 2. The average molecular weight is 434 g/mol. The minimum Gasteiger partial charge on any atom is -0.352 e. The molecule has 7 nitrogen and oxygen atoms in total. The molecule has 0 radical (unpaired) electrons. The topological polar surface area (TPSA) is 79.3 Å². The average Bonchev–Trinajstić information content (AvgIpc) is 2.82. The number of urea groups is 1. The van der Waals surface area contributed by atoms with Gasteiger partial charge in [0.1, 0.15) is 0 Å². The Bertz CT molecular complexity index is 1100. The van der Waals surface area contributed by atoms with Gasteiger partial charge in [-0.1, -0.05) is 49.4 Å². The van der Waals surface area contributed by atoms with Gasteiger partial charge in [-0.3, -0.25) is 4.79 Å². The normalized spacial score (nSPS) is 14.5. The van der Waals surface area contributed by atoms with E-state index < -0.39 is 0 Å². The molecule has 1 aliphatic heterocycles. The number of fused-ring (bicyclic) bond motifs is 1. The summed E-state index contributed by atoms with van der Waals surface area (Å²) in [6, 6.07) is 17.9. The fourth-order valence-electron chi connectivity index (χ4n) is 4.27. The number of piperidine rings is 1. The van der Waals surface area contributed by atoms with Crippen molar-refractivity contribution in [2.75, 3.05) is 24.5 Å². The Kier molecular flexibility index (Phi) is 7.04. The highest BCUT2D eigenvalue weighted by Crippen LogP contribution is 2.19. The van der Waals surface area contributed by atoms with E-state index in [9.17, 15) is 9.59 Å². The summed E-state index contributed by atoms with van der Waals surface area (Å²) in [5.41, 5.74) is 2.90. The van der Waals surface area contributed by atoms with Gasteiger partial charge in [0.25, 0.3) is 5.56 Å². The molecule has 2 heterocycles. The van der Waals surface area contributed by atoms with Gasteiger partial charge in [0, 0.05) is 32.2 Å². The molecule has 2 amide bonds. The first kappa shape index (κ1) is 21.9. The Labute approximate surface area is 188 Å². The van der Waals surface area contributed by atoms with Crippen molar-refractivity contribution < 1.29 is 4.79 Å². The molecule has 4 rings (SSSR count). The molecule has 0 spiro atoms. The summed E-state index contributed by atoms with van der Waals surface area (Å²) in [7, 11) is 0. The molecule has 0 aliphatic carbocycles. The van der Waals surface area contributed by atoms with Gasteiger partial charge in [0.2, 0.25) is 0 Å². The van der Waals surface area contributed by atoms with Crippen molar-refractivity contribution in [1.29, 1.82) is 0 Å². The molecule has 7 heteroatoms. The molecule has 32 heavy (non-hydrogen) atoms. The Hall–Kier alpha value is -3.35. The van der Waals surface area contributed by atoms with Gasteiger partial charge in [0.05, 0.1) is 11.0 Å². The molecule has 0 saturated carbocycles. The van der Waals surface area contributed by atoms with Crippen molar-refractivity contribution in [3.63, 3.8) is 0 Å². The Morgan fingerprint density at radius 2 is 1.78 bits per heavy atom. The summed E-state index contributed by atoms with van der Waals surface area (Å²) >= 11 is 0. The van der Waals surface area contributed by atoms with Crippen LogP contribution in [0.15, 0.2) is 59.4 Å². The third-order valence-corrected chi connectivity index (χ3v) is 5.95. The van der Waals surface area contributed by atoms with Crippen molar-refractivity contribution in [2.24, 2.45) is 0 Å². The van der Waals surface area contributed by atoms with Crippen LogP contribution in [0.3, 0.4) is 0 Å². The summed E-state index contributed by atoms with van der Waals surface area (Å²) in [5, 5.41) is 6.02. The van der Waals surface area contributed by atoms with E-state index in [-0.39, 0.29) is 17.6 Å². The molecule has 1 aliphatic rings. The van der Waals surface area contributed by atoms with Gasteiger partial charge >= 0.3 is 6.03 Å². The standard InChI is InChI=1S/C25H31N5O2/c1-2-16-30-22-11-7-6-10-21(22)28-23(24(30)31)29-17-13-20(14-18-29)27-25(32)26-15-12-19-8-4-3-5-9-19/h3-11,20H,2,12-18H2,1H3,(H2,26,27,32). The van der Waals surface area contributed by atoms with Crippen LogP contribution in [0.5, 0.6) is 0 Å². The number of benzene rings is 2. The van der Waals surface area contributed by atoms with Gasteiger partial charge in [-0.15, -0.1) is 0 Å². The third-order valence-electron chi connectivity index (χ3n) is 5.95. The number of anilines is 1. The molecule has 1 saturated heterocycles. The first-order chi connectivity index (χ1) is 15.7. The Morgan fingerprint density at radius 1 is 1.06 bits per heavy atom. The van der Waals surface area contributed by atoms with Crippen molar-refractivity contribution in [1.82, 2.24) is 20.2 Å². The number of aromatic nitrogens is 2. The highest BCUT2D eigenvalue weighted by atomic mass is 16.2. The summed E-state index contributed by atoms with van der Waals surface area (Å²) in [6.45, 7) is 4.75. The summed E-state index contributed by atoms with van der Waals surface area (Å²) in [4.78, 5) is 32.2. The lowest BCUT2D eigenvalue weighted by atomic mass is 10.1. The van der Waals surface area contributed by atoms with E-state index in [0.717, 1.165) is 36.7 Å². The van der Waals surface area contributed by atoms with Crippen LogP contribution in [-0.4, -0.2) is 41.3 Å². The van der Waals surface area contributed by atoms with Gasteiger partial charge in [-0.25, -0.2) is 9.78 Å². The zero-order valence-electron chi connectivity index (χ0n) is 18.6. The van der Waals surface area contributed by atoms with Crippen LogP contribution >= 0.6 is 0 Å². The smallest absolute Gasteiger partial charge is 0.315 e. The fourth-order valence-corrected chi connectivity index (χ4v) is 4.27. The van der Waals surface area contributed by atoms with Crippen LogP contribution in [0, 0.1) is 0 Å². The van der Waals surface area contributed by atoms with Crippen molar-refractivity contribution in [3.05, 3.63) is 70.5 Å². The van der Waals surface area contributed by atoms with E-state index in [1.165, 1.54) is 5.56 Å². The van der Waals surface area contributed by atoms with Gasteiger partial charge in [-0.2, -0.15) is 0 Å². The number of hydrogen-bond acceptors (Lipinski definition) is 4. The number of hydrogen-bond donors (Lipinski definition) is 2. The predicted octanol–water partition coefficient (Wildman–Crippen LogP) is 3.32. The minimum absolute atomic E-state index is 0.0318. The van der Waals surface area contributed by atoms with Crippen LogP contribution < -0.4 is 21.1 Å². The van der Waals surface area contributed by atoms with Crippen LogP contribution in [0.1, 0.15) is 31.7 Å². The molecule has 0 atom stereocenters. The molecule has 0 unspecified atom stereocenters. The number of aryl methyl sites for hydroxylation is 1. The van der Waals surface area contributed by atoms with Gasteiger partial charge in [-0.05, 0) is 43.4 Å². The summed E-state index contributed by atoms with van der Waals surface area (Å²) < 4.78 is 1.84. The highest BCUT2D eigenvalue weighted by molar-refractivity contribution is 5.76. The third kappa shape index (κ3) is 5.10. The summed E-state index contributed by atoms with van der Waals surface area (Å²) in [6.07, 6.45) is 3.27. The van der Waals surface area contributed by atoms with Crippen molar-refractivity contribution in [3.8, 4) is 0 Å². The zero-order valence-corrected chi connectivity index (χ0v) is 18.6.